The van der Waals surface area contributed by atoms with Gasteiger partial charge in [0, 0.05) is 23.1 Å². The zero-order valence-corrected chi connectivity index (χ0v) is 24.8. The maximum atomic E-state index is 12.5. The van der Waals surface area contributed by atoms with Crippen LogP contribution < -0.4 is 20.3 Å². The number of carbonyl (C=O) groups is 3. The number of rotatable bonds is 10. The van der Waals surface area contributed by atoms with Crippen LogP contribution in [0.15, 0.2) is 114 Å². The summed E-state index contributed by atoms with van der Waals surface area (Å²) in [7, 11) is 0. The molecule has 0 aliphatic carbocycles. The Hall–Kier alpha value is -6.01. The van der Waals surface area contributed by atoms with E-state index in [1.807, 2.05) is 53.4 Å². The summed E-state index contributed by atoms with van der Waals surface area (Å²) in [6.07, 6.45) is 1.68. The second-order valence-corrected chi connectivity index (χ2v) is 10.7. The number of amides is 1. The lowest BCUT2D eigenvalue weighted by Crippen LogP contribution is -2.29. The van der Waals surface area contributed by atoms with Gasteiger partial charge in [0.05, 0.1) is 22.9 Å². The summed E-state index contributed by atoms with van der Waals surface area (Å²) < 4.78 is 11.8. The van der Waals surface area contributed by atoms with Gasteiger partial charge in [-0.2, -0.15) is 0 Å². The highest BCUT2D eigenvalue weighted by Gasteiger charge is 2.42. The van der Waals surface area contributed by atoms with E-state index in [4.69, 9.17) is 21.4 Å². The van der Waals surface area contributed by atoms with Crippen LogP contribution >= 0.6 is 12.2 Å². The van der Waals surface area contributed by atoms with Crippen molar-refractivity contribution in [1.29, 1.82) is 0 Å². The maximum Gasteiger partial charge on any atom is 0.335 e. The highest BCUT2D eigenvalue weighted by molar-refractivity contribution is 7.80. The van der Waals surface area contributed by atoms with Crippen LogP contribution in [0.4, 0.5) is 11.4 Å². The lowest BCUT2D eigenvalue weighted by atomic mass is 10.0. The van der Waals surface area contributed by atoms with Gasteiger partial charge in [0.2, 0.25) is 0 Å². The number of aromatic carboxylic acids is 2. The van der Waals surface area contributed by atoms with Crippen molar-refractivity contribution in [2.75, 3.05) is 16.8 Å². The topological polar surface area (TPSA) is 154 Å². The van der Waals surface area contributed by atoms with Crippen LogP contribution in [0, 0.1) is 0 Å². The largest absolute Gasteiger partial charge is 0.484 e. The third-order valence-electron chi connectivity index (χ3n) is 7.27. The van der Waals surface area contributed by atoms with E-state index in [-0.39, 0.29) is 29.4 Å². The number of ether oxygens (including phenoxy) is 1. The number of aromatic nitrogens is 1. The molecule has 4 N–H and O–H groups in total. The van der Waals surface area contributed by atoms with Crippen LogP contribution in [0.3, 0.4) is 0 Å². The molecule has 12 heteroatoms. The number of hydrogen-bond donors (Lipinski definition) is 4. The van der Waals surface area contributed by atoms with Crippen LogP contribution in [-0.4, -0.2) is 44.8 Å². The summed E-state index contributed by atoms with van der Waals surface area (Å²) >= 11 is 5.78. The fraction of sp³-hybridized carbons (Fsp3) is 0.0882. The summed E-state index contributed by atoms with van der Waals surface area (Å²) in [6.45, 7) is -0.149. The van der Waals surface area contributed by atoms with Crippen molar-refractivity contribution in [3.8, 4) is 17.1 Å². The van der Waals surface area contributed by atoms with Gasteiger partial charge in [-0.15, -0.1) is 0 Å². The highest BCUT2D eigenvalue weighted by atomic mass is 32.1. The number of para-hydroxylation sites is 1. The van der Waals surface area contributed by atoms with E-state index in [9.17, 15) is 24.6 Å². The van der Waals surface area contributed by atoms with Crippen molar-refractivity contribution in [3.63, 3.8) is 0 Å². The minimum Gasteiger partial charge on any atom is -0.484 e. The highest BCUT2D eigenvalue weighted by Crippen LogP contribution is 2.43. The van der Waals surface area contributed by atoms with Crippen LogP contribution in [0.25, 0.3) is 11.3 Å². The maximum absolute atomic E-state index is 12.5. The van der Waals surface area contributed by atoms with Crippen molar-refractivity contribution in [1.82, 2.24) is 10.3 Å². The molecule has 230 valence electrons. The molecule has 1 aliphatic rings. The Morgan fingerprint density at radius 3 is 2.24 bits per heavy atom. The molecule has 5 aromatic rings. The molecular formula is C34H26N4O7S. The molecule has 0 unspecified atom stereocenters. The van der Waals surface area contributed by atoms with Gasteiger partial charge in [-0.3, -0.25) is 9.78 Å². The first-order valence-electron chi connectivity index (χ1n) is 14.1. The van der Waals surface area contributed by atoms with E-state index < -0.39 is 24.0 Å². The van der Waals surface area contributed by atoms with E-state index in [0.29, 0.717) is 39.3 Å². The van der Waals surface area contributed by atoms with Gasteiger partial charge in [0.1, 0.15) is 23.3 Å². The average Bonchev–Trinajstić information content (AvgIpc) is 3.69. The first kappa shape index (κ1) is 30.0. The standard InChI is InChI=1S/C34H26N4O7S/c39-29(19-44-25-6-2-1-3-7-25)36-23-9-11-24(12-10-23)38-31(30(37-34(38)46)26-8-4-5-15-35-26)28-14-13-27(45-28)20-16-21(32(40)41)18-22(17-20)33(42)43/h1-18,30-31H,19H2,(H,36,39)(H,37,46)(H,40,41)(H,42,43)/t30-,31-/m0/s1. The van der Waals surface area contributed by atoms with Crippen molar-refractivity contribution in [2.24, 2.45) is 0 Å². The van der Waals surface area contributed by atoms with Crippen LogP contribution in [0.1, 0.15) is 44.3 Å². The zero-order valence-electron chi connectivity index (χ0n) is 24.0. The first-order valence-corrected chi connectivity index (χ1v) is 14.5. The second-order valence-electron chi connectivity index (χ2n) is 10.3. The number of furan rings is 1. The van der Waals surface area contributed by atoms with Crippen molar-refractivity contribution in [3.05, 3.63) is 132 Å². The molecule has 0 radical (unpaired) electrons. The average molecular weight is 635 g/mol. The minimum absolute atomic E-state index is 0.149. The number of carboxylic acids is 2. The Kier molecular flexibility index (Phi) is 8.44. The number of carbonyl (C=O) groups excluding carboxylic acids is 1. The Labute approximate surface area is 268 Å². The van der Waals surface area contributed by atoms with Gasteiger partial charge in [-0.25, -0.2) is 9.59 Å². The van der Waals surface area contributed by atoms with E-state index in [0.717, 1.165) is 6.07 Å². The molecular weight excluding hydrogens is 608 g/mol. The molecule has 0 spiro atoms. The number of benzene rings is 3. The predicted octanol–water partition coefficient (Wildman–Crippen LogP) is 5.93. The third-order valence-corrected chi connectivity index (χ3v) is 7.58. The van der Waals surface area contributed by atoms with Gasteiger partial charge in [-0.05, 0) is 91.1 Å². The van der Waals surface area contributed by atoms with Gasteiger partial charge in [0.25, 0.3) is 5.91 Å². The molecule has 2 aromatic heterocycles. The molecule has 0 bridgehead atoms. The molecule has 1 amide bonds. The predicted molar refractivity (Wildman–Crippen MR) is 173 cm³/mol. The van der Waals surface area contributed by atoms with Crippen molar-refractivity contribution < 1.29 is 33.8 Å². The van der Waals surface area contributed by atoms with Gasteiger partial charge >= 0.3 is 11.9 Å². The molecule has 11 nitrogen and oxygen atoms in total. The number of nitrogens with zero attached hydrogens (tertiary/aromatic N) is 2. The third kappa shape index (κ3) is 6.42. The molecule has 1 saturated heterocycles. The lowest BCUT2D eigenvalue weighted by molar-refractivity contribution is -0.118. The van der Waals surface area contributed by atoms with E-state index in [1.54, 1.807) is 42.6 Å². The van der Waals surface area contributed by atoms with Gasteiger partial charge in [0.15, 0.2) is 11.7 Å². The Morgan fingerprint density at radius 2 is 1.59 bits per heavy atom. The van der Waals surface area contributed by atoms with Crippen LogP contribution in [0.2, 0.25) is 0 Å². The first-order chi connectivity index (χ1) is 22.3. The van der Waals surface area contributed by atoms with Crippen LogP contribution in [0.5, 0.6) is 5.75 Å². The van der Waals surface area contributed by atoms with E-state index in [1.165, 1.54) is 12.1 Å². The Morgan fingerprint density at radius 1 is 0.891 bits per heavy atom. The SMILES string of the molecule is O=C(COc1ccccc1)Nc1ccc(N2C(=S)N[C@@H](c3ccccn3)[C@@H]2c2ccc(-c3cc(C(=O)O)cc(C(=O)O)c3)o2)cc1. The Balaban J connectivity index is 1.29. The summed E-state index contributed by atoms with van der Waals surface area (Å²) in [4.78, 5) is 42.3. The monoisotopic (exact) mass is 634 g/mol. The zero-order chi connectivity index (χ0) is 32.2. The quantitative estimate of drug-likeness (QED) is 0.135. The molecule has 3 heterocycles. The van der Waals surface area contributed by atoms with Crippen LogP contribution in [-0.2, 0) is 4.79 Å². The fourth-order valence-corrected chi connectivity index (χ4v) is 5.52. The minimum atomic E-state index is -1.26. The number of nitrogens with one attached hydrogen (secondary N) is 2. The lowest BCUT2D eigenvalue weighted by Gasteiger charge is -2.26. The molecule has 3 aromatic carbocycles. The summed E-state index contributed by atoms with van der Waals surface area (Å²) in [6, 6.07) is 28.0. The molecule has 6 rings (SSSR count). The number of carboxylic acid groups (broad SMARTS) is 2. The molecule has 2 atom stereocenters. The summed E-state index contributed by atoms with van der Waals surface area (Å²) in [5, 5.41) is 25.7. The summed E-state index contributed by atoms with van der Waals surface area (Å²) in [5.74, 6) is -1.48. The molecule has 1 fully saturated rings. The fourth-order valence-electron chi connectivity index (χ4n) is 5.17. The number of thiocarbonyl (C=S) groups is 1. The Bertz CT molecular complexity index is 1880. The number of anilines is 2. The van der Waals surface area contributed by atoms with Gasteiger partial charge < -0.3 is 34.9 Å². The van der Waals surface area contributed by atoms with E-state index in [2.05, 4.69) is 15.6 Å². The number of hydrogen-bond acceptors (Lipinski definition) is 7. The second kappa shape index (κ2) is 12.9. The normalized spacial score (nSPS) is 15.7. The molecule has 46 heavy (non-hydrogen) atoms. The van der Waals surface area contributed by atoms with Gasteiger partial charge in [-0.1, -0.05) is 24.3 Å². The molecule has 1 aliphatic heterocycles. The van der Waals surface area contributed by atoms with E-state index >= 15 is 0 Å². The number of pyridine rings is 1. The van der Waals surface area contributed by atoms with Crippen molar-refractivity contribution in [2.45, 2.75) is 12.1 Å². The van der Waals surface area contributed by atoms with Crippen molar-refractivity contribution >= 4 is 46.6 Å². The molecule has 0 saturated carbocycles. The smallest absolute Gasteiger partial charge is 0.335 e. The summed E-state index contributed by atoms with van der Waals surface area (Å²) in [5.41, 5.74) is 1.92.